The number of carbonyl (C=O) groups is 1. The highest BCUT2D eigenvalue weighted by atomic mass is 16.7. The first-order valence-corrected chi connectivity index (χ1v) is 10.3. The number of amides is 1. The predicted molar refractivity (Wildman–Crippen MR) is 112 cm³/mol. The van der Waals surface area contributed by atoms with Gasteiger partial charge in [-0.05, 0) is 49.1 Å². The molecule has 1 aliphatic heterocycles. The van der Waals surface area contributed by atoms with Gasteiger partial charge in [-0.25, -0.2) is 9.78 Å². The second kappa shape index (κ2) is 9.43. The van der Waals surface area contributed by atoms with E-state index in [4.69, 9.17) is 9.57 Å². The minimum absolute atomic E-state index is 0.0743. The van der Waals surface area contributed by atoms with E-state index in [0.29, 0.717) is 18.8 Å². The molecule has 3 aromatic rings. The number of aryl methyl sites for hydroxylation is 3. The maximum absolute atomic E-state index is 12.5. The quantitative estimate of drug-likeness (QED) is 0.627. The molecular formula is C23H26N4O3. The zero-order chi connectivity index (χ0) is 20.8. The van der Waals surface area contributed by atoms with E-state index in [1.54, 1.807) is 28.4 Å². The van der Waals surface area contributed by atoms with E-state index in [0.717, 1.165) is 31.4 Å². The Morgan fingerprint density at radius 1 is 1.10 bits per heavy atom. The fourth-order valence-electron chi connectivity index (χ4n) is 3.56. The van der Waals surface area contributed by atoms with Crippen molar-refractivity contribution in [3.05, 3.63) is 78.1 Å². The van der Waals surface area contributed by atoms with Crippen molar-refractivity contribution in [2.75, 3.05) is 13.1 Å². The molecular weight excluding hydrogens is 380 g/mol. The zero-order valence-electron chi connectivity index (χ0n) is 17.1. The molecule has 2 aromatic heterocycles. The van der Waals surface area contributed by atoms with Crippen molar-refractivity contribution in [2.24, 2.45) is 0 Å². The van der Waals surface area contributed by atoms with Crippen molar-refractivity contribution in [1.82, 2.24) is 19.6 Å². The first kappa shape index (κ1) is 19.9. The average molecular weight is 406 g/mol. The molecule has 3 heterocycles. The fourth-order valence-corrected chi connectivity index (χ4v) is 3.56. The van der Waals surface area contributed by atoms with Crippen LogP contribution >= 0.6 is 0 Å². The van der Waals surface area contributed by atoms with E-state index in [9.17, 15) is 4.79 Å². The zero-order valence-corrected chi connectivity index (χ0v) is 17.1. The van der Waals surface area contributed by atoms with Gasteiger partial charge in [0.15, 0.2) is 0 Å². The molecule has 1 amide bonds. The molecule has 0 bridgehead atoms. The predicted octanol–water partition coefficient (Wildman–Crippen LogP) is 3.46. The van der Waals surface area contributed by atoms with E-state index < -0.39 is 0 Å². The van der Waals surface area contributed by atoms with Crippen LogP contribution in [-0.2, 0) is 12.8 Å². The number of carbonyl (C=O) groups excluding carboxylic acids is 1. The first-order chi connectivity index (χ1) is 14.7. The highest BCUT2D eigenvalue weighted by molar-refractivity contribution is 5.70. The van der Waals surface area contributed by atoms with Crippen molar-refractivity contribution in [3.8, 4) is 5.75 Å². The van der Waals surface area contributed by atoms with Crippen LogP contribution in [-0.4, -0.2) is 44.9 Å². The number of piperidine rings is 1. The Labute approximate surface area is 176 Å². The van der Waals surface area contributed by atoms with E-state index >= 15 is 0 Å². The number of hydrogen-bond acceptors (Lipinski definition) is 5. The molecule has 0 saturated carbocycles. The largest absolute Gasteiger partial charge is 0.415 e. The standard InChI is InChI=1S/C23H26N4O3/c1-18-3-2-12-25-22(18)9-6-19-4-7-20(8-5-19)29-23(28)26-14-10-21(11-15-26)30-27-16-13-24-17-27/h2-5,7-8,12-13,16-17,21H,6,9-11,14-15H2,1H3. The smallest absolute Gasteiger partial charge is 0.410 e. The van der Waals surface area contributed by atoms with Gasteiger partial charge in [0.2, 0.25) is 0 Å². The summed E-state index contributed by atoms with van der Waals surface area (Å²) in [6.45, 7) is 3.30. The Kier molecular flexibility index (Phi) is 6.27. The minimum atomic E-state index is -0.312. The summed E-state index contributed by atoms with van der Waals surface area (Å²) in [5.41, 5.74) is 3.52. The molecule has 156 valence electrons. The molecule has 1 aromatic carbocycles. The normalized spacial score (nSPS) is 14.5. The highest BCUT2D eigenvalue weighted by Gasteiger charge is 2.25. The topological polar surface area (TPSA) is 69.5 Å². The minimum Gasteiger partial charge on any atom is -0.410 e. The number of ether oxygens (including phenoxy) is 1. The number of aromatic nitrogens is 3. The molecule has 0 N–H and O–H groups in total. The van der Waals surface area contributed by atoms with Crippen LogP contribution in [0.3, 0.4) is 0 Å². The summed E-state index contributed by atoms with van der Waals surface area (Å²) in [7, 11) is 0. The maximum atomic E-state index is 12.5. The summed E-state index contributed by atoms with van der Waals surface area (Å²) < 4.78 is 7.16. The van der Waals surface area contributed by atoms with Gasteiger partial charge in [0.05, 0.1) is 6.20 Å². The molecule has 0 atom stereocenters. The molecule has 30 heavy (non-hydrogen) atoms. The van der Waals surface area contributed by atoms with Gasteiger partial charge in [0.25, 0.3) is 0 Å². The monoisotopic (exact) mass is 406 g/mol. The SMILES string of the molecule is Cc1cccnc1CCc1ccc(OC(=O)N2CCC(On3ccnc3)CC2)cc1. The molecule has 0 spiro atoms. The van der Waals surface area contributed by atoms with Crippen LogP contribution in [0.4, 0.5) is 4.79 Å². The molecule has 1 saturated heterocycles. The van der Waals surface area contributed by atoms with Gasteiger partial charge < -0.3 is 14.5 Å². The maximum Gasteiger partial charge on any atom is 0.415 e. The second-order valence-corrected chi connectivity index (χ2v) is 7.49. The van der Waals surface area contributed by atoms with E-state index in [1.807, 2.05) is 36.5 Å². The third kappa shape index (κ3) is 5.17. The van der Waals surface area contributed by atoms with Crippen molar-refractivity contribution in [2.45, 2.75) is 38.7 Å². The van der Waals surface area contributed by atoms with Crippen LogP contribution in [0.15, 0.2) is 61.3 Å². The van der Waals surface area contributed by atoms with Gasteiger partial charge in [0.1, 0.15) is 18.2 Å². The van der Waals surface area contributed by atoms with Gasteiger partial charge in [-0.1, -0.05) is 18.2 Å². The lowest BCUT2D eigenvalue weighted by Gasteiger charge is -2.31. The van der Waals surface area contributed by atoms with Crippen LogP contribution in [0.2, 0.25) is 0 Å². The van der Waals surface area contributed by atoms with Crippen LogP contribution < -0.4 is 9.57 Å². The number of nitrogens with zero attached hydrogens (tertiary/aromatic N) is 4. The summed E-state index contributed by atoms with van der Waals surface area (Å²) in [5.74, 6) is 0.564. The van der Waals surface area contributed by atoms with E-state index in [1.165, 1.54) is 11.1 Å². The van der Waals surface area contributed by atoms with Crippen LogP contribution in [0, 0.1) is 6.92 Å². The number of pyridine rings is 1. The Balaban J connectivity index is 1.23. The fraction of sp³-hybridized carbons (Fsp3) is 0.348. The highest BCUT2D eigenvalue weighted by Crippen LogP contribution is 2.18. The van der Waals surface area contributed by atoms with Crippen molar-refractivity contribution >= 4 is 6.09 Å². The molecule has 0 radical (unpaired) electrons. The number of hydrogen-bond donors (Lipinski definition) is 0. The molecule has 0 unspecified atom stereocenters. The molecule has 4 rings (SSSR count). The first-order valence-electron chi connectivity index (χ1n) is 10.3. The molecule has 0 aliphatic carbocycles. The third-order valence-electron chi connectivity index (χ3n) is 5.35. The number of likely N-dealkylation sites (tertiary alicyclic amines) is 1. The van der Waals surface area contributed by atoms with Gasteiger partial charge in [-0.15, -0.1) is 0 Å². The Morgan fingerprint density at radius 3 is 2.60 bits per heavy atom. The molecule has 1 aliphatic rings. The lowest BCUT2D eigenvalue weighted by atomic mass is 10.1. The number of imidazole rings is 1. The molecule has 7 heteroatoms. The van der Waals surface area contributed by atoms with Gasteiger partial charge >= 0.3 is 6.09 Å². The third-order valence-corrected chi connectivity index (χ3v) is 5.35. The van der Waals surface area contributed by atoms with Gasteiger partial charge in [-0.2, -0.15) is 4.73 Å². The van der Waals surface area contributed by atoms with Crippen molar-refractivity contribution in [1.29, 1.82) is 0 Å². The lowest BCUT2D eigenvalue weighted by Crippen LogP contribution is -2.44. The van der Waals surface area contributed by atoms with Crippen LogP contribution in [0.5, 0.6) is 5.75 Å². The van der Waals surface area contributed by atoms with Gasteiger partial charge in [0, 0.05) is 44.0 Å². The van der Waals surface area contributed by atoms with Crippen LogP contribution in [0.1, 0.15) is 29.7 Å². The summed E-state index contributed by atoms with van der Waals surface area (Å²) in [4.78, 5) is 28.4. The second-order valence-electron chi connectivity index (χ2n) is 7.49. The molecule has 1 fully saturated rings. The Hall–Kier alpha value is -3.35. The lowest BCUT2D eigenvalue weighted by molar-refractivity contribution is -0.0000188. The van der Waals surface area contributed by atoms with E-state index in [2.05, 4.69) is 23.0 Å². The molecule has 7 nitrogen and oxygen atoms in total. The van der Waals surface area contributed by atoms with E-state index in [-0.39, 0.29) is 12.2 Å². The van der Waals surface area contributed by atoms with Gasteiger partial charge in [-0.3, -0.25) is 4.98 Å². The summed E-state index contributed by atoms with van der Waals surface area (Å²) >= 11 is 0. The average Bonchev–Trinajstić information content (AvgIpc) is 3.28. The van der Waals surface area contributed by atoms with Crippen LogP contribution in [0.25, 0.3) is 0 Å². The summed E-state index contributed by atoms with van der Waals surface area (Å²) in [5, 5.41) is 0. The van der Waals surface area contributed by atoms with Crippen molar-refractivity contribution < 1.29 is 14.4 Å². The van der Waals surface area contributed by atoms with Crippen molar-refractivity contribution in [3.63, 3.8) is 0 Å². The number of benzene rings is 1. The summed E-state index contributed by atoms with van der Waals surface area (Å²) in [6.07, 6.45) is 9.98. The Morgan fingerprint density at radius 2 is 1.90 bits per heavy atom. The summed E-state index contributed by atoms with van der Waals surface area (Å²) in [6, 6.07) is 11.8. The Bertz CT molecular complexity index is 949. The number of rotatable bonds is 6.